The standard InChI is InChI=1S/C44H28/c1-2-13-29(14-3-1)32-27-28-42(35-18-7-6-17-33(32)35)44-40-21-10-8-19-38(40)43(39-20-9-11-22-41(39)44)37-24-12-23-34-31-16-5-4-15-30(31)25-26-36(34)37/h1-28H. The summed E-state index contributed by atoms with van der Waals surface area (Å²) in [5.74, 6) is 0. The van der Waals surface area contributed by atoms with Crippen LogP contribution in [-0.4, -0.2) is 0 Å². The molecule has 0 saturated heterocycles. The SMILES string of the molecule is c1ccc(-c2ccc(-c3c4ccccc4c(-c4cccc5c4ccc4ccccc45)c4ccccc34)c3ccccc23)cc1. The lowest BCUT2D eigenvalue weighted by Gasteiger charge is -2.20. The Kier molecular flexibility index (Phi) is 5.61. The molecule has 0 unspecified atom stereocenters. The molecule has 0 nitrogen and oxygen atoms in total. The van der Waals surface area contributed by atoms with Crippen LogP contribution in [-0.2, 0) is 0 Å². The molecular formula is C44H28. The molecule has 0 heterocycles. The topological polar surface area (TPSA) is 0 Å². The van der Waals surface area contributed by atoms with Crippen molar-refractivity contribution < 1.29 is 0 Å². The van der Waals surface area contributed by atoms with E-state index in [0.29, 0.717) is 0 Å². The monoisotopic (exact) mass is 556 g/mol. The number of hydrogen-bond donors (Lipinski definition) is 0. The molecular weight excluding hydrogens is 528 g/mol. The van der Waals surface area contributed by atoms with Crippen LogP contribution in [0, 0.1) is 0 Å². The van der Waals surface area contributed by atoms with Crippen LogP contribution in [0.25, 0.3) is 87.2 Å². The molecule has 0 amide bonds. The minimum Gasteiger partial charge on any atom is -0.0622 e. The molecule has 9 aromatic carbocycles. The second-order valence-corrected chi connectivity index (χ2v) is 11.6. The van der Waals surface area contributed by atoms with E-state index in [1.165, 1.54) is 87.2 Å². The van der Waals surface area contributed by atoms with Crippen molar-refractivity contribution in [2.45, 2.75) is 0 Å². The van der Waals surface area contributed by atoms with Gasteiger partial charge < -0.3 is 0 Å². The van der Waals surface area contributed by atoms with Gasteiger partial charge in [0.2, 0.25) is 0 Å². The first-order valence-corrected chi connectivity index (χ1v) is 15.3. The van der Waals surface area contributed by atoms with E-state index in [2.05, 4.69) is 170 Å². The maximum Gasteiger partial charge on any atom is -0.00201 e. The van der Waals surface area contributed by atoms with Crippen molar-refractivity contribution in [3.63, 3.8) is 0 Å². The zero-order valence-electron chi connectivity index (χ0n) is 24.2. The van der Waals surface area contributed by atoms with Crippen LogP contribution >= 0.6 is 0 Å². The predicted octanol–water partition coefficient (Wildman–Crippen LogP) is 12.5. The maximum absolute atomic E-state index is 2.34. The van der Waals surface area contributed by atoms with Crippen molar-refractivity contribution in [1.29, 1.82) is 0 Å². The van der Waals surface area contributed by atoms with Crippen molar-refractivity contribution in [1.82, 2.24) is 0 Å². The number of benzene rings is 9. The van der Waals surface area contributed by atoms with Gasteiger partial charge in [0.1, 0.15) is 0 Å². The van der Waals surface area contributed by atoms with Crippen molar-refractivity contribution in [3.8, 4) is 33.4 Å². The lowest BCUT2D eigenvalue weighted by Crippen LogP contribution is -1.93. The molecule has 0 spiro atoms. The van der Waals surface area contributed by atoms with E-state index >= 15 is 0 Å². The highest BCUT2D eigenvalue weighted by atomic mass is 14.2. The molecule has 0 aliphatic heterocycles. The third-order valence-electron chi connectivity index (χ3n) is 9.27. The molecule has 9 rings (SSSR count). The Hall–Kier alpha value is -5.72. The predicted molar refractivity (Wildman–Crippen MR) is 190 cm³/mol. The Labute approximate surface area is 256 Å². The number of hydrogen-bond acceptors (Lipinski definition) is 0. The van der Waals surface area contributed by atoms with E-state index in [-0.39, 0.29) is 0 Å². The quantitative estimate of drug-likeness (QED) is 0.150. The fourth-order valence-electron chi connectivity index (χ4n) is 7.35. The first kappa shape index (κ1) is 24.8. The maximum atomic E-state index is 2.34. The Morgan fingerprint density at radius 3 is 1.27 bits per heavy atom. The molecule has 0 aromatic heterocycles. The summed E-state index contributed by atoms with van der Waals surface area (Å²) < 4.78 is 0. The molecule has 0 radical (unpaired) electrons. The van der Waals surface area contributed by atoms with Gasteiger partial charge in [-0.3, -0.25) is 0 Å². The summed E-state index contributed by atoms with van der Waals surface area (Å²) in [5, 5.41) is 12.8. The summed E-state index contributed by atoms with van der Waals surface area (Å²) in [5.41, 5.74) is 7.63. The van der Waals surface area contributed by atoms with Crippen LogP contribution in [0.3, 0.4) is 0 Å². The van der Waals surface area contributed by atoms with E-state index in [9.17, 15) is 0 Å². The third kappa shape index (κ3) is 3.71. The van der Waals surface area contributed by atoms with Crippen molar-refractivity contribution in [2.75, 3.05) is 0 Å². The fraction of sp³-hybridized carbons (Fsp3) is 0. The van der Waals surface area contributed by atoms with Gasteiger partial charge in [-0.2, -0.15) is 0 Å². The molecule has 0 heteroatoms. The van der Waals surface area contributed by atoms with Crippen LogP contribution < -0.4 is 0 Å². The highest BCUT2D eigenvalue weighted by Gasteiger charge is 2.20. The average molecular weight is 557 g/mol. The summed E-state index contributed by atoms with van der Waals surface area (Å²) in [6.45, 7) is 0. The van der Waals surface area contributed by atoms with Gasteiger partial charge in [0.15, 0.2) is 0 Å². The Bertz CT molecular complexity index is 2480. The van der Waals surface area contributed by atoms with Gasteiger partial charge in [0.05, 0.1) is 0 Å². The van der Waals surface area contributed by atoms with Crippen molar-refractivity contribution in [2.24, 2.45) is 0 Å². The summed E-state index contributed by atoms with van der Waals surface area (Å²) in [7, 11) is 0. The molecule has 0 fully saturated rings. The van der Waals surface area contributed by atoms with Crippen LogP contribution in [0.4, 0.5) is 0 Å². The van der Waals surface area contributed by atoms with Gasteiger partial charge in [0.25, 0.3) is 0 Å². The minimum absolute atomic E-state index is 1.24. The zero-order chi connectivity index (χ0) is 29.0. The van der Waals surface area contributed by atoms with Crippen molar-refractivity contribution in [3.05, 3.63) is 170 Å². The molecule has 0 N–H and O–H groups in total. The first-order chi connectivity index (χ1) is 21.9. The molecule has 0 saturated carbocycles. The second kappa shape index (κ2) is 9.93. The third-order valence-corrected chi connectivity index (χ3v) is 9.27. The van der Waals surface area contributed by atoms with Gasteiger partial charge in [-0.1, -0.05) is 170 Å². The van der Waals surface area contributed by atoms with Crippen molar-refractivity contribution >= 4 is 53.9 Å². The average Bonchev–Trinajstić information content (AvgIpc) is 3.10. The molecule has 9 aromatic rings. The van der Waals surface area contributed by atoms with E-state index in [1.807, 2.05) is 0 Å². The number of rotatable bonds is 3. The number of fused-ring (bicyclic) bond motifs is 6. The largest absolute Gasteiger partial charge is 0.0622 e. The lowest BCUT2D eigenvalue weighted by molar-refractivity contribution is 1.64. The Morgan fingerprint density at radius 2 is 0.636 bits per heavy atom. The van der Waals surface area contributed by atoms with Crippen LogP contribution in [0.5, 0.6) is 0 Å². The normalized spacial score (nSPS) is 11.6. The smallest absolute Gasteiger partial charge is 0.00201 e. The van der Waals surface area contributed by atoms with E-state index in [4.69, 9.17) is 0 Å². The van der Waals surface area contributed by atoms with Gasteiger partial charge in [-0.05, 0) is 87.2 Å². The van der Waals surface area contributed by atoms with Gasteiger partial charge in [-0.15, -0.1) is 0 Å². The summed E-state index contributed by atoms with van der Waals surface area (Å²) >= 11 is 0. The van der Waals surface area contributed by atoms with Crippen LogP contribution in [0.1, 0.15) is 0 Å². The summed E-state index contributed by atoms with van der Waals surface area (Å²) in [4.78, 5) is 0. The molecule has 0 aliphatic rings. The molecule has 204 valence electrons. The molecule has 0 atom stereocenters. The van der Waals surface area contributed by atoms with Gasteiger partial charge in [0, 0.05) is 0 Å². The fourth-order valence-corrected chi connectivity index (χ4v) is 7.35. The zero-order valence-corrected chi connectivity index (χ0v) is 24.2. The van der Waals surface area contributed by atoms with Crippen LogP contribution in [0.2, 0.25) is 0 Å². The molecule has 0 aliphatic carbocycles. The Morgan fingerprint density at radius 1 is 0.205 bits per heavy atom. The lowest BCUT2D eigenvalue weighted by atomic mass is 9.83. The Balaban J connectivity index is 1.40. The molecule has 0 bridgehead atoms. The highest BCUT2D eigenvalue weighted by Crippen LogP contribution is 2.47. The molecule has 44 heavy (non-hydrogen) atoms. The minimum atomic E-state index is 1.24. The summed E-state index contributed by atoms with van der Waals surface area (Å²) in [6, 6.07) is 62.2. The van der Waals surface area contributed by atoms with Gasteiger partial charge >= 0.3 is 0 Å². The summed E-state index contributed by atoms with van der Waals surface area (Å²) in [6.07, 6.45) is 0. The van der Waals surface area contributed by atoms with E-state index in [0.717, 1.165) is 0 Å². The highest BCUT2D eigenvalue weighted by molar-refractivity contribution is 6.26. The second-order valence-electron chi connectivity index (χ2n) is 11.6. The van der Waals surface area contributed by atoms with Gasteiger partial charge in [-0.25, -0.2) is 0 Å². The van der Waals surface area contributed by atoms with E-state index < -0.39 is 0 Å². The first-order valence-electron chi connectivity index (χ1n) is 15.3. The van der Waals surface area contributed by atoms with E-state index in [1.54, 1.807) is 0 Å². The van der Waals surface area contributed by atoms with Crippen LogP contribution in [0.15, 0.2) is 170 Å².